The van der Waals surface area contributed by atoms with Crippen LogP contribution in [0.25, 0.3) is 11.0 Å². The number of rotatable bonds is 5. The number of aromatic amines is 1. The molecule has 0 aliphatic rings. The van der Waals surface area contributed by atoms with Gasteiger partial charge in [-0.2, -0.15) is 0 Å². The zero-order valence-electron chi connectivity index (χ0n) is 15.1. The highest BCUT2D eigenvalue weighted by Gasteiger charge is 2.06. The van der Waals surface area contributed by atoms with Gasteiger partial charge in [-0.1, -0.05) is 18.2 Å². The van der Waals surface area contributed by atoms with Crippen molar-refractivity contribution in [3.05, 3.63) is 89.5 Å². The van der Waals surface area contributed by atoms with Crippen LogP contribution in [0, 0.1) is 6.92 Å². The molecule has 0 aliphatic heterocycles. The highest BCUT2D eigenvalue weighted by molar-refractivity contribution is 6.04. The lowest BCUT2D eigenvalue weighted by Gasteiger charge is -2.06. The number of pyridine rings is 1. The topological polar surface area (TPSA) is 70.7 Å². The fourth-order valence-electron chi connectivity index (χ4n) is 3.02. The molecule has 0 saturated heterocycles. The van der Waals surface area contributed by atoms with Gasteiger partial charge in [0.25, 0.3) is 5.91 Å². The summed E-state index contributed by atoms with van der Waals surface area (Å²) in [5, 5.41) is 2.90. The molecule has 0 bridgehead atoms. The minimum atomic E-state index is -0.136. The standard InChI is InChI=1S/C22H20N4O/c1-15-2-8-19-20(14-15)26-21(25-19)9-5-16-3-6-18(7-4-16)24-22(27)17-10-12-23-13-11-17/h2-4,6-8,10-14H,5,9H2,1H3,(H,24,27)(H,25,26). The first kappa shape index (κ1) is 17.0. The van der Waals surface area contributed by atoms with E-state index in [0.717, 1.165) is 35.4 Å². The van der Waals surface area contributed by atoms with Gasteiger partial charge in [0, 0.05) is 30.1 Å². The van der Waals surface area contributed by atoms with Gasteiger partial charge in [0.1, 0.15) is 5.82 Å². The molecule has 134 valence electrons. The molecule has 0 spiro atoms. The van der Waals surface area contributed by atoms with E-state index in [-0.39, 0.29) is 5.91 Å². The minimum Gasteiger partial charge on any atom is -0.342 e. The van der Waals surface area contributed by atoms with Crippen molar-refractivity contribution < 1.29 is 4.79 Å². The number of hydrogen-bond donors (Lipinski definition) is 2. The first-order valence-corrected chi connectivity index (χ1v) is 8.93. The molecule has 0 aliphatic carbocycles. The number of aromatic nitrogens is 3. The fourth-order valence-corrected chi connectivity index (χ4v) is 3.02. The molecule has 4 rings (SSSR count). The maximum absolute atomic E-state index is 12.2. The second-order valence-electron chi connectivity index (χ2n) is 6.59. The predicted molar refractivity (Wildman–Crippen MR) is 107 cm³/mol. The van der Waals surface area contributed by atoms with Crippen LogP contribution in [0.1, 0.15) is 27.3 Å². The first-order chi connectivity index (χ1) is 13.2. The van der Waals surface area contributed by atoms with E-state index in [4.69, 9.17) is 0 Å². The molecule has 5 nitrogen and oxygen atoms in total. The second kappa shape index (κ2) is 7.41. The highest BCUT2D eigenvalue weighted by atomic mass is 16.1. The quantitative estimate of drug-likeness (QED) is 0.560. The summed E-state index contributed by atoms with van der Waals surface area (Å²) < 4.78 is 0. The summed E-state index contributed by atoms with van der Waals surface area (Å²) in [5.41, 5.74) is 5.88. The molecule has 2 aromatic carbocycles. The minimum absolute atomic E-state index is 0.136. The molecule has 0 radical (unpaired) electrons. The van der Waals surface area contributed by atoms with Crippen LogP contribution in [0.5, 0.6) is 0 Å². The summed E-state index contributed by atoms with van der Waals surface area (Å²) in [6.45, 7) is 2.08. The van der Waals surface area contributed by atoms with Gasteiger partial charge in [-0.15, -0.1) is 0 Å². The number of carbonyl (C=O) groups excluding carboxylic acids is 1. The molecule has 2 aromatic heterocycles. The van der Waals surface area contributed by atoms with E-state index in [2.05, 4.69) is 39.3 Å². The van der Waals surface area contributed by atoms with Crippen molar-refractivity contribution in [3.8, 4) is 0 Å². The summed E-state index contributed by atoms with van der Waals surface area (Å²) >= 11 is 0. The number of fused-ring (bicyclic) bond motifs is 1. The van der Waals surface area contributed by atoms with Crippen LogP contribution in [0.3, 0.4) is 0 Å². The number of anilines is 1. The van der Waals surface area contributed by atoms with Crippen molar-refractivity contribution >= 4 is 22.6 Å². The molecule has 0 fully saturated rings. The van der Waals surface area contributed by atoms with Crippen molar-refractivity contribution in [2.75, 3.05) is 5.32 Å². The summed E-state index contributed by atoms with van der Waals surface area (Å²) in [6, 6.07) is 17.6. The van der Waals surface area contributed by atoms with Crippen LogP contribution in [0.2, 0.25) is 0 Å². The van der Waals surface area contributed by atoms with E-state index in [1.807, 2.05) is 30.3 Å². The number of nitrogens with zero attached hydrogens (tertiary/aromatic N) is 2. The van der Waals surface area contributed by atoms with Crippen LogP contribution < -0.4 is 5.32 Å². The van der Waals surface area contributed by atoms with Crippen molar-refractivity contribution in [1.29, 1.82) is 0 Å². The molecular formula is C22H20N4O. The van der Waals surface area contributed by atoms with Crippen LogP contribution in [0.15, 0.2) is 67.0 Å². The van der Waals surface area contributed by atoms with Crippen molar-refractivity contribution in [2.24, 2.45) is 0 Å². The van der Waals surface area contributed by atoms with Gasteiger partial charge < -0.3 is 10.3 Å². The average molecular weight is 356 g/mol. The van der Waals surface area contributed by atoms with E-state index in [1.165, 1.54) is 11.1 Å². The number of benzene rings is 2. The van der Waals surface area contributed by atoms with E-state index >= 15 is 0 Å². The lowest BCUT2D eigenvalue weighted by Crippen LogP contribution is -2.11. The van der Waals surface area contributed by atoms with Crippen LogP contribution in [-0.2, 0) is 12.8 Å². The number of imidazole rings is 1. The van der Waals surface area contributed by atoms with E-state index in [9.17, 15) is 4.79 Å². The summed E-state index contributed by atoms with van der Waals surface area (Å²) in [6.07, 6.45) is 4.95. The van der Waals surface area contributed by atoms with Gasteiger partial charge in [0.05, 0.1) is 11.0 Å². The number of amides is 1. The SMILES string of the molecule is Cc1ccc2nc(CCc3ccc(NC(=O)c4ccncc4)cc3)[nH]c2c1. The predicted octanol–water partition coefficient (Wildman–Crippen LogP) is 4.30. The highest BCUT2D eigenvalue weighted by Crippen LogP contribution is 2.16. The zero-order valence-corrected chi connectivity index (χ0v) is 15.1. The Bertz CT molecular complexity index is 1070. The lowest BCUT2D eigenvalue weighted by atomic mass is 10.1. The largest absolute Gasteiger partial charge is 0.342 e. The van der Waals surface area contributed by atoms with Gasteiger partial charge >= 0.3 is 0 Å². The Morgan fingerprint density at radius 2 is 1.78 bits per heavy atom. The zero-order chi connectivity index (χ0) is 18.6. The molecular weight excluding hydrogens is 336 g/mol. The van der Waals surface area contributed by atoms with Crippen molar-refractivity contribution in [1.82, 2.24) is 15.0 Å². The van der Waals surface area contributed by atoms with E-state index in [0.29, 0.717) is 5.56 Å². The Morgan fingerprint density at radius 1 is 1.00 bits per heavy atom. The molecule has 0 atom stereocenters. The Morgan fingerprint density at radius 3 is 2.56 bits per heavy atom. The molecule has 1 amide bonds. The normalized spacial score (nSPS) is 10.9. The van der Waals surface area contributed by atoms with Crippen LogP contribution >= 0.6 is 0 Å². The number of nitrogens with one attached hydrogen (secondary N) is 2. The maximum atomic E-state index is 12.2. The smallest absolute Gasteiger partial charge is 0.255 e. The van der Waals surface area contributed by atoms with E-state index in [1.54, 1.807) is 24.5 Å². The summed E-state index contributed by atoms with van der Waals surface area (Å²) in [5.74, 6) is 0.855. The number of H-pyrrole nitrogens is 1. The fraction of sp³-hybridized carbons (Fsp3) is 0.136. The second-order valence-corrected chi connectivity index (χ2v) is 6.59. The monoisotopic (exact) mass is 356 g/mol. The van der Waals surface area contributed by atoms with Crippen molar-refractivity contribution in [3.63, 3.8) is 0 Å². The number of hydrogen-bond acceptors (Lipinski definition) is 3. The van der Waals surface area contributed by atoms with Crippen molar-refractivity contribution in [2.45, 2.75) is 19.8 Å². The first-order valence-electron chi connectivity index (χ1n) is 8.93. The van der Waals surface area contributed by atoms with Gasteiger partial charge in [-0.25, -0.2) is 4.98 Å². The Balaban J connectivity index is 1.38. The molecule has 4 aromatic rings. The third-order valence-corrected chi connectivity index (χ3v) is 4.49. The van der Waals surface area contributed by atoms with E-state index < -0.39 is 0 Å². The molecule has 27 heavy (non-hydrogen) atoms. The Kier molecular flexibility index (Phi) is 4.66. The maximum Gasteiger partial charge on any atom is 0.255 e. The third kappa shape index (κ3) is 4.03. The molecule has 0 unspecified atom stereocenters. The Labute approximate surface area is 157 Å². The molecule has 0 saturated carbocycles. The summed E-state index contributed by atoms with van der Waals surface area (Å²) in [7, 11) is 0. The molecule has 2 heterocycles. The third-order valence-electron chi connectivity index (χ3n) is 4.49. The number of aryl methyl sites for hydroxylation is 3. The van der Waals surface area contributed by atoms with Crippen LogP contribution in [-0.4, -0.2) is 20.9 Å². The Hall–Kier alpha value is -3.47. The lowest BCUT2D eigenvalue weighted by molar-refractivity contribution is 0.102. The van der Waals surface area contributed by atoms with Gasteiger partial charge in [-0.05, 0) is 60.9 Å². The average Bonchev–Trinajstić information content (AvgIpc) is 3.10. The summed E-state index contributed by atoms with van der Waals surface area (Å²) in [4.78, 5) is 24.1. The van der Waals surface area contributed by atoms with Gasteiger partial charge in [0.15, 0.2) is 0 Å². The van der Waals surface area contributed by atoms with Gasteiger partial charge in [-0.3, -0.25) is 9.78 Å². The molecule has 2 N–H and O–H groups in total. The van der Waals surface area contributed by atoms with Crippen LogP contribution in [0.4, 0.5) is 5.69 Å². The number of carbonyl (C=O) groups is 1. The molecule has 5 heteroatoms. The van der Waals surface area contributed by atoms with Gasteiger partial charge in [0.2, 0.25) is 0 Å².